The van der Waals surface area contributed by atoms with Gasteiger partial charge in [-0.05, 0) is 6.16 Å². The van der Waals surface area contributed by atoms with E-state index in [-0.39, 0.29) is 104 Å². The molecule has 0 aromatic rings. The average Bonchev–Trinajstić information content (AvgIpc) is 0.811. The summed E-state index contributed by atoms with van der Waals surface area (Å²) < 4.78 is 0. The van der Waals surface area contributed by atoms with E-state index in [1.807, 2.05) is 0 Å². The summed E-state index contributed by atoms with van der Waals surface area (Å²) in [5.41, 5.74) is 0. The second kappa shape index (κ2) is 15.9. The molecule has 0 amide bonds. The van der Waals surface area contributed by atoms with Crippen LogP contribution in [0.3, 0.4) is 0 Å². The Hall–Kier alpha value is 2.67. The minimum atomic E-state index is -2.33. The Balaban J connectivity index is -0.0000000150. The zero-order chi connectivity index (χ0) is 3.58. The van der Waals surface area contributed by atoms with Crippen molar-refractivity contribution in [2.45, 2.75) is 0 Å². The topological polar surface area (TPSA) is 63.2 Å². The van der Waals surface area contributed by atoms with Gasteiger partial charge in [0.05, 0.1) is 0 Å². The molecule has 0 spiro atoms. The summed E-state index contributed by atoms with van der Waals surface area (Å²) in [6, 6.07) is 0. The van der Waals surface area contributed by atoms with Crippen LogP contribution >= 0.6 is 0 Å². The Labute approximate surface area is 122 Å². The summed E-state index contributed by atoms with van der Waals surface area (Å²) in [6.45, 7) is 0. The molecule has 6 heteroatoms. The van der Waals surface area contributed by atoms with Gasteiger partial charge in [0.1, 0.15) is 0 Å². The maximum atomic E-state index is 8.33. The second-order valence-corrected chi connectivity index (χ2v) is 0.250. The molecule has 7 heavy (non-hydrogen) atoms. The van der Waals surface area contributed by atoms with Crippen LogP contribution in [0.15, 0.2) is 0 Å². The van der Waals surface area contributed by atoms with E-state index in [9.17, 15) is 0 Å². The van der Waals surface area contributed by atoms with Gasteiger partial charge in [0.25, 0.3) is 0 Å². The van der Waals surface area contributed by atoms with E-state index in [0.29, 0.717) is 0 Å². The van der Waals surface area contributed by atoms with Crippen LogP contribution in [0, 0.1) is 0 Å². The molecule has 0 rings (SSSR count). The van der Waals surface area contributed by atoms with Gasteiger partial charge in [-0.2, -0.15) is 0 Å². The Bertz CT molecular complexity index is 37.9. The third-order valence-corrected chi connectivity index (χ3v) is 0. The molecule has 0 unspecified atom stereocenters. The first-order chi connectivity index (χ1) is 1.73. The van der Waals surface area contributed by atoms with Gasteiger partial charge in [-0.25, -0.2) is 0 Å². The fourth-order valence-electron chi connectivity index (χ4n) is 0. The summed E-state index contributed by atoms with van der Waals surface area (Å²) in [4.78, 5) is 8.33. The third kappa shape index (κ3) is 54.1. The number of carbonyl (C=O) groups is 1. The van der Waals surface area contributed by atoms with E-state index in [0.717, 1.165) is 0 Å². The van der Waals surface area contributed by atoms with Crippen LogP contribution in [0.4, 0.5) is 4.79 Å². The van der Waals surface area contributed by atoms with Gasteiger partial charge >= 0.3 is 104 Å². The van der Waals surface area contributed by atoms with Gasteiger partial charge in [-0.15, -0.1) is 0 Å². The molecular weight excluding hydrogens is 146 g/mol. The molecule has 0 heterocycles. The maximum absolute atomic E-state index is 8.33. The monoisotopic (exact) mass is 148 g/mol. The van der Waals surface area contributed by atoms with Gasteiger partial charge in [0, 0.05) is 0 Å². The van der Waals surface area contributed by atoms with Crippen molar-refractivity contribution in [2.75, 3.05) is 0 Å². The van der Waals surface area contributed by atoms with Crippen molar-refractivity contribution in [3.8, 4) is 0 Å². The van der Waals surface area contributed by atoms with Crippen molar-refractivity contribution >= 4 is 110 Å². The minimum absolute atomic E-state index is 0. The van der Waals surface area contributed by atoms with Gasteiger partial charge < -0.3 is 15.0 Å². The van der Waals surface area contributed by atoms with Crippen molar-refractivity contribution in [1.82, 2.24) is 0 Å². The predicted octanol–water partition coefficient (Wildman–Crippen LogP) is -4.12. The summed E-state index contributed by atoms with van der Waals surface area (Å²) in [6.07, 6.45) is -2.33. The van der Waals surface area contributed by atoms with E-state index >= 15 is 0 Å². The summed E-state index contributed by atoms with van der Waals surface area (Å²) >= 11 is 0. The fourth-order valence-corrected chi connectivity index (χ4v) is 0. The molecule has 0 aromatic carbocycles. The SMILES string of the molecule is O=C([O-])[O-].[KH].[Mg+2].[NaH]. The van der Waals surface area contributed by atoms with E-state index in [2.05, 4.69) is 0 Å². The van der Waals surface area contributed by atoms with Crippen LogP contribution in [0.5, 0.6) is 0 Å². The van der Waals surface area contributed by atoms with Gasteiger partial charge in [0.15, 0.2) is 0 Å². The zero-order valence-electron chi connectivity index (χ0n) is 2.43. The standard InChI is InChI=1S/CH2O3.K.Mg.Na.2H/c2-1(3)4;;;;;/h(H2,2,3,4);;;;;/q;;+2;;;/p-2. The molecule has 0 saturated carbocycles. The van der Waals surface area contributed by atoms with Crippen LogP contribution in [0.25, 0.3) is 0 Å². The predicted molar refractivity (Wildman–Crippen MR) is 25.4 cm³/mol. The molecule has 0 aliphatic heterocycles. The van der Waals surface area contributed by atoms with Crippen LogP contribution in [-0.4, -0.2) is 110 Å². The number of carbonyl (C=O) groups excluding carboxylic acids is 1. The molecule has 0 radical (unpaired) electrons. The number of hydrogen-bond acceptors (Lipinski definition) is 3. The molecule has 0 N–H and O–H groups in total. The number of carboxylic acid groups (broad SMARTS) is 2. The van der Waals surface area contributed by atoms with Gasteiger partial charge in [-0.3, -0.25) is 0 Å². The normalized spacial score (nSPS) is 3.43. The van der Waals surface area contributed by atoms with E-state index < -0.39 is 6.16 Å². The Morgan fingerprint density at radius 2 is 1.29 bits per heavy atom. The van der Waals surface area contributed by atoms with Crippen molar-refractivity contribution < 1.29 is 15.0 Å². The molecular formula is CH2KMgNaO3. The first kappa shape index (κ1) is 22.6. The third-order valence-electron chi connectivity index (χ3n) is 0. The number of hydrogen-bond donors (Lipinski definition) is 0. The van der Waals surface area contributed by atoms with Gasteiger partial charge in [0.2, 0.25) is 0 Å². The Kier molecular flexibility index (Phi) is 51.2. The van der Waals surface area contributed by atoms with Crippen LogP contribution in [0.2, 0.25) is 0 Å². The van der Waals surface area contributed by atoms with E-state index in [1.165, 1.54) is 0 Å². The van der Waals surface area contributed by atoms with Crippen molar-refractivity contribution in [3.05, 3.63) is 0 Å². The van der Waals surface area contributed by atoms with Crippen molar-refractivity contribution in [1.29, 1.82) is 0 Å². The summed E-state index contributed by atoms with van der Waals surface area (Å²) in [7, 11) is 0. The average molecular weight is 148 g/mol. The van der Waals surface area contributed by atoms with Gasteiger partial charge in [-0.1, -0.05) is 0 Å². The molecule has 28 valence electrons. The summed E-state index contributed by atoms with van der Waals surface area (Å²) in [5.74, 6) is 0. The van der Waals surface area contributed by atoms with E-state index in [4.69, 9.17) is 15.0 Å². The molecule has 0 aliphatic carbocycles. The molecule has 0 fully saturated rings. The molecule has 0 aliphatic rings. The zero-order valence-corrected chi connectivity index (χ0v) is 3.85. The quantitative estimate of drug-likeness (QED) is 0.328. The first-order valence-electron chi connectivity index (χ1n) is 0.612. The Morgan fingerprint density at radius 3 is 1.29 bits per heavy atom. The van der Waals surface area contributed by atoms with Crippen molar-refractivity contribution in [2.24, 2.45) is 0 Å². The van der Waals surface area contributed by atoms with Crippen LogP contribution in [-0.2, 0) is 0 Å². The Morgan fingerprint density at radius 1 is 1.29 bits per heavy atom. The molecule has 0 bridgehead atoms. The van der Waals surface area contributed by atoms with E-state index in [1.54, 1.807) is 0 Å². The first-order valence-corrected chi connectivity index (χ1v) is 0.612. The number of rotatable bonds is 0. The molecule has 0 atom stereocenters. The molecule has 0 aromatic heterocycles. The van der Waals surface area contributed by atoms with Crippen molar-refractivity contribution in [3.63, 3.8) is 0 Å². The second-order valence-electron chi connectivity index (χ2n) is 0.250. The molecule has 0 saturated heterocycles. The fraction of sp³-hybridized carbons (Fsp3) is 0. The van der Waals surface area contributed by atoms with Crippen LogP contribution in [0.1, 0.15) is 0 Å². The van der Waals surface area contributed by atoms with Crippen LogP contribution < -0.4 is 10.2 Å². The molecule has 3 nitrogen and oxygen atoms in total. The summed E-state index contributed by atoms with van der Waals surface area (Å²) in [5, 5.41) is 16.7.